The van der Waals surface area contributed by atoms with Crippen molar-refractivity contribution in [3.8, 4) is 0 Å². The van der Waals surface area contributed by atoms with Gasteiger partial charge >= 0.3 is 0 Å². The van der Waals surface area contributed by atoms with E-state index < -0.39 is 0 Å². The van der Waals surface area contributed by atoms with Crippen molar-refractivity contribution < 1.29 is 4.79 Å². The number of likely N-dealkylation sites (tertiary alicyclic amines) is 1. The van der Waals surface area contributed by atoms with Crippen molar-refractivity contribution in [1.29, 1.82) is 0 Å². The fourth-order valence-corrected chi connectivity index (χ4v) is 2.73. The van der Waals surface area contributed by atoms with Crippen molar-refractivity contribution in [3.63, 3.8) is 0 Å². The minimum atomic E-state index is 0.111. The molecule has 1 amide bonds. The molecule has 0 aromatic carbocycles. The van der Waals surface area contributed by atoms with Gasteiger partial charge in [-0.1, -0.05) is 12.8 Å². The Morgan fingerprint density at radius 2 is 1.82 bits per heavy atom. The lowest BCUT2D eigenvalue weighted by Crippen LogP contribution is -2.54. The highest BCUT2D eigenvalue weighted by Crippen LogP contribution is 2.26. The third kappa shape index (κ3) is 3.21. The largest absolute Gasteiger partial charge is 0.354 e. The van der Waals surface area contributed by atoms with E-state index in [1.807, 2.05) is 0 Å². The molecule has 1 saturated heterocycles. The standard InChI is InChI=1S/C14H26N2O/c1-14(2,16-9-4-3-5-10-16)11-15-13(17)12-7-6-8-12/h12H,3-11H2,1-2H3,(H,15,17). The molecule has 3 heteroatoms. The molecule has 2 aliphatic rings. The maximum atomic E-state index is 11.8. The number of carbonyl (C=O) groups is 1. The van der Waals surface area contributed by atoms with E-state index in [2.05, 4.69) is 24.1 Å². The van der Waals surface area contributed by atoms with Crippen LogP contribution in [0.1, 0.15) is 52.4 Å². The number of nitrogens with one attached hydrogen (secondary N) is 1. The smallest absolute Gasteiger partial charge is 0.223 e. The average Bonchev–Trinajstić information content (AvgIpc) is 2.25. The molecule has 1 N–H and O–H groups in total. The van der Waals surface area contributed by atoms with E-state index in [9.17, 15) is 4.79 Å². The predicted molar refractivity (Wildman–Crippen MR) is 69.9 cm³/mol. The quantitative estimate of drug-likeness (QED) is 0.814. The molecular formula is C14H26N2O. The van der Waals surface area contributed by atoms with E-state index in [1.165, 1.54) is 38.8 Å². The second-order valence-electron chi connectivity index (χ2n) is 6.21. The molecule has 1 saturated carbocycles. The van der Waals surface area contributed by atoms with Crippen LogP contribution in [0.3, 0.4) is 0 Å². The molecule has 0 aromatic rings. The summed E-state index contributed by atoms with van der Waals surface area (Å²) in [6, 6.07) is 0. The van der Waals surface area contributed by atoms with E-state index in [-0.39, 0.29) is 11.4 Å². The van der Waals surface area contributed by atoms with Gasteiger partial charge in [0, 0.05) is 18.0 Å². The van der Waals surface area contributed by atoms with Gasteiger partial charge in [-0.05, 0) is 52.6 Å². The molecule has 1 aliphatic carbocycles. The zero-order valence-corrected chi connectivity index (χ0v) is 11.3. The van der Waals surface area contributed by atoms with Gasteiger partial charge in [-0.3, -0.25) is 9.69 Å². The Bertz CT molecular complexity index is 265. The van der Waals surface area contributed by atoms with Crippen LogP contribution in [0.25, 0.3) is 0 Å². The van der Waals surface area contributed by atoms with Gasteiger partial charge in [-0.15, -0.1) is 0 Å². The monoisotopic (exact) mass is 238 g/mol. The molecule has 0 unspecified atom stereocenters. The van der Waals surface area contributed by atoms with Gasteiger partial charge < -0.3 is 5.32 Å². The van der Waals surface area contributed by atoms with Crippen LogP contribution in [0.5, 0.6) is 0 Å². The molecule has 0 radical (unpaired) electrons. The number of rotatable bonds is 4. The Hall–Kier alpha value is -0.570. The zero-order valence-electron chi connectivity index (χ0n) is 11.3. The minimum absolute atomic E-state index is 0.111. The van der Waals surface area contributed by atoms with Gasteiger partial charge in [-0.2, -0.15) is 0 Å². The highest BCUT2D eigenvalue weighted by molar-refractivity contribution is 5.79. The molecule has 2 rings (SSSR count). The van der Waals surface area contributed by atoms with Crippen molar-refractivity contribution >= 4 is 5.91 Å². The summed E-state index contributed by atoms with van der Waals surface area (Å²) in [6.45, 7) is 7.67. The maximum absolute atomic E-state index is 11.8. The molecule has 0 bridgehead atoms. The molecule has 2 fully saturated rings. The normalized spacial score (nSPS) is 23.2. The molecule has 1 heterocycles. The second kappa shape index (κ2) is 5.38. The summed E-state index contributed by atoms with van der Waals surface area (Å²) in [5.41, 5.74) is 0.111. The fraction of sp³-hybridized carbons (Fsp3) is 0.929. The summed E-state index contributed by atoms with van der Waals surface area (Å²) in [6.07, 6.45) is 7.39. The molecule has 98 valence electrons. The van der Waals surface area contributed by atoms with Crippen LogP contribution in [0, 0.1) is 5.92 Å². The lowest BCUT2D eigenvalue weighted by molar-refractivity contribution is -0.128. The summed E-state index contributed by atoms with van der Waals surface area (Å²) >= 11 is 0. The Balaban J connectivity index is 1.77. The summed E-state index contributed by atoms with van der Waals surface area (Å²) in [7, 11) is 0. The van der Waals surface area contributed by atoms with Gasteiger partial charge in [0.05, 0.1) is 0 Å². The first kappa shape index (κ1) is 12.9. The molecule has 17 heavy (non-hydrogen) atoms. The third-order valence-corrected chi connectivity index (χ3v) is 4.38. The Labute approximate surface area is 105 Å². The molecule has 0 spiro atoms. The van der Waals surface area contributed by atoms with Gasteiger partial charge in [-0.25, -0.2) is 0 Å². The topological polar surface area (TPSA) is 32.3 Å². The highest BCUT2D eigenvalue weighted by atomic mass is 16.1. The summed E-state index contributed by atoms with van der Waals surface area (Å²) < 4.78 is 0. The van der Waals surface area contributed by atoms with E-state index in [4.69, 9.17) is 0 Å². The van der Waals surface area contributed by atoms with E-state index in [1.54, 1.807) is 0 Å². The van der Waals surface area contributed by atoms with Crippen LogP contribution < -0.4 is 5.32 Å². The lowest BCUT2D eigenvalue weighted by atomic mass is 9.84. The average molecular weight is 238 g/mol. The van der Waals surface area contributed by atoms with Crippen LogP contribution in [-0.4, -0.2) is 36.0 Å². The highest BCUT2D eigenvalue weighted by Gasteiger charge is 2.30. The molecule has 0 aromatic heterocycles. The van der Waals surface area contributed by atoms with E-state index in [0.717, 1.165) is 19.4 Å². The van der Waals surface area contributed by atoms with Gasteiger partial charge in [0.2, 0.25) is 5.91 Å². The van der Waals surface area contributed by atoms with Gasteiger partial charge in [0.25, 0.3) is 0 Å². The van der Waals surface area contributed by atoms with Crippen LogP contribution in [-0.2, 0) is 4.79 Å². The van der Waals surface area contributed by atoms with Crippen LogP contribution >= 0.6 is 0 Å². The second-order valence-corrected chi connectivity index (χ2v) is 6.21. The van der Waals surface area contributed by atoms with E-state index in [0.29, 0.717) is 5.92 Å². The Morgan fingerprint density at radius 1 is 1.18 bits per heavy atom. The number of piperidine rings is 1. The molecule has 3 nitrogen and oxygen atoms in total. The third-order valence-electron chi connectivity index (χ3n) is 4.38. The molecular weight excluding hydrogens is 212 g/mol. The summed E-state index contributed by atoms with van der Waals surface area (Å²) in [5, 5.41) is 3.14. The maximum Gasteiger partial charge on any atom is 0.223 e. The molecule has 1 aliphatic heterocycles. The van der Waals surface area contributed by atoms with Crippen molar-refractivity contribution in [3.05, 3.63) is 0 Å². The summed E-state index contributed by atoms with van der Waals surface area (Å²) in [4.78, 5) is 14.4. The van der Waals surface area contributed by atoms with Crippen molar-refractivity contribution in [2.75, 3.05) is 19.6 Å². The van der Waals surface area contributed by atoms with Crippen molar-refractivity contribution in [1.82, 2.24) is 10.2 Å². The number of hydrogen-bond donors (Lipinski definition) is 1. The number of amides is 1. The van der Waals surface area contributed by atoms with Gasteiger partial charge in [0.1, 0.15) is 0 Å². The predicted octanol–water partition coefficient (Wildman–Crippen LogP) is 2.17. The number of carbonyl (C=O) groups excluding carboxylic acids is 1. The SMILES string of the molecule is CC(C)(CNC(=O)C1CCC1)N1CCCCC1. The lowest BCUT2D eigenvalue weighted by Gasteiger charge is -2.41. The Kier molecular flexibility index (Phi) is 4.08. The van der Waals surface area contributed by atoms with Crippen LogP contribution in [0.2, 0.25) is 0 Å². The van der Waals surface area contributed by atoms with E-state index >= 15 is 0 Å². The first-order valence-electron chi connectivity index (χ1n) is 7.12. The van der Waals surface area contributed by atoms with Crippen molar-refractivity contribution in [2.24, 2.45) is 5.92 Å². The number of nitrogens with zero attached hydrogens (tertiary/aromatic N) is 1. The fourth-order valence-electron chi connectivity index (χ4n) is 2.73. The Morgan fingerprint density at radius 3 is 2.35 bits per heavy atom. The van der Waals surface area contributed by atoms with Crippen molar-refractivity contribution in [2.45, 2.75) is 57.9 Å². The van der Waals surface area contributed by atoms with Gasteiger partial charge in [0.15, 0.2) is 0 Å². The van der Waals surface area contributed by atoms with Crippen LogP contribution in [0.15, 0.2) is 0 Å². The first-order chi connectivity index (χ1) is 8.09. The number of hydrogen-bond acceptors (Lipinski definition) is 2. The minimum Gasteiger partial charge on any atom is -0.354 e. The first-order valence-corrected chi connectivity index (χ1v) is 7.12. The zero-order chi connectivity index (χ0) is 12.3. The summed E-state index contributed by atoms with van der Waals surface area (Å²) in [5.74, 6) is 0.591. The van der Waals surface area contributed by atoms with Crippen LogP contribution in [0.4, 0.5) is 0 Å². The molecule has 0 atom stereocenters.